The monoisotopic (exact) mass is 236 g/mol. The first-order valence-corrected chi connectivity index (χ1v) is 6.40. The van der Waals surface area contributed by atoms with Crippen LogP contribution in [0.2, 0.25) is 0 Å². The van der Waals surface area contributed by atoms with Crippen molar-refractivity contribution in [1.82, 2.24) is 9.97 Å². The fourth-order valence-corrected chi connectivity index (χ4v) is 1.47. The number of hydrogen-bond donors (Lipinski definition) is 1. The van der Waals surface area contributed by atoms with Crippen molar-refractivity contribution >= 4 is 11.6 Å². The summed E-state index contributed by atoms with van der Waals surface area (Å²) in [5.41, 5.74) is 0. The zero-order valence-electron chi connectivity index (χ0n) is 11.4. The van der Waals surface area contributed by atoms with E-state index in [1.807, 2.05) is 6.07 Å². The van der Waals surface area contributed by atoms with Crippen molar-refractivity contribution in [2.45, 2.75) is 33.6 Å². The number of unbranched alkanes of at least 4 members (excludes halogenated alkanes) is 1. The van der Waals surface area contributed by atoms with Gasteiger partial charge in [-0.15, -0.1) is 0 Å². The molecule has 1 aromatic rings. The van der Waals surface area contributed by atoms with Gasteiger partial charge >= 0.3 is 0 Å². The third kappa shape index (κ3) is 5.02. The Morgan fingerprint density at radius 2 is 2.12 bits per heavy atom. The van der Waals surface area contributed by atoms with Crippen molar-refractivity contribution in [3.05, 3.63) is 12.4 Å². The van der Waals surface area contributed by atoms with Gasteiger partial charge in [-0.25, -0.2) is 9.97 Å². The molecule has 1 aromatic heterocycles. The molecular weight excluding hydrogens is 212 g/mol. The van der Waals surface area contributed by atoms with Crippen LogP contribution in [0.5, 0.6) is 0 Å². The van der Waals surface area contributed by atoms with Crippen molar-refractivity contribution in [1.29, 1.82) is 0 Å². The minimum absolute atomic E-state index is 0.617. The quantitative estimate of drug-likeness (QED) is 0.790. The predicted octanol–water partition coefficient (Wildman–Crippen LogP) is 2.78. The van der Waals surface area contributed by atoms with Crippen LogP contribution in [0.25, 0.3) is 0 Å². The van der Waals surface area contributed by atoms with E-state index in [0.29, 0.717) is 5.92 Å². The molecule has 1 N–H and O–H groups in total. The Kier molecular flexibility index (Phi) is 5.73. The van der Waals surface area contributed by atoms with E-state index in [0.717, 1.165) is 24.7 Å². The highest BCUT2D eigenvalue weighted by Crippen LogP contribution is 2.13. The van der Waals surface area contributed by atoms with Gasteiger partial charge in [-0.2, -0.15) is 0 Å². The molecule has 0 aromatic carbocycles. The number of hydrogen-bond acceptors (Lipinski definition) is 4. The molecule has 0 spiro atoms. The van der Waals surface area contributed by atoms with E-state index in [1.165, 1.54) is 12.8 Å². The Morgan fingerprint density at radius 1 is 1.35 bits per heavy atom. The molecule has 0 fully saturated rings. The van der Waals surface area contributed by atoms with Gasteiger partial charge in [-0.05, 0) is 12.3 Å². The summed E-state index contributed by atoms with van der Waals surface area (Å²) in [6.07, 6.45) is 4.02. The summed E-state index contributed by atoms with van der Waals surface area (Å²) in [7, 11) is 2.07. The highest BCUT2D eigenvalue weighted by atomic mass is 15.2. The highest BCUT2D eigenvalue weighted by Gasteiger charge is 2.04. The van der Waals surface area contributed by atoms with E-state index in [2.05, 4.69) is 48.0 Å². The summed E-state index contributed by atoms with van der Waals surface area (Å²) in [6, 6.07) is 2.01. The molecule has 0 unspecified atom stereocenters. The first kappa shape index (κ1) is 13.7. The average Bonchev–Trinajstić information content (AvgIpc) is 2.33. The van der Waals surface area contributed by atoms with Crippen LogP contribution in [0.1, 0.15) is 33.6 Å². The molecule has 96 valence electrons. The zero-order valence-corrected chi connectivity index (χ0v) is 11.4. The first-order chi connectivity index (χ1) is 8.13. The maximum atomic E-state index is 4.29. The molecule has 0 saturated carbocycles. The lowest BCUT2D eigenvalue weighted by Gasteiger charge is -2.18. The maximum absolute atomic E-state index is 4.29. The fourth-order valence-electron chi connectivity index (χ4n) is 1.47. The van der Waals surface area contributed by atoms with Crippen LogP contribution in [0.15, 0.2) is 12.4 Å². The van der Waals surface area contributed by atoms with Crippen LogP contribution in [-0.4, -0.2) is 30.1 Å². The summed E-state index contributed by atoms with van der Waals surface area (Å²) in [6.45, 7) is 8.54. The number of aromatic nitrogens is 2. The topological polar surface area (TPSA) is 41.0 Å². The van der Waals surface area contributed by atoms with Gasteiger partial charge in [0.05, 0.1) is 0 Å². The summed E-state index contributed by atoms with van der Waals surface area (Å²) in [5.74, 6) is 2.51. The average molecular weight is 236 g/mol. The summed E-state index contributed by atoms with van der Waals surface area (Å²) >= 11 is 0. The molecule has 0 saturated heterocycles. The second-order valence-corrected chi connectivity index (χ2v) is 4.81. The normalized spacial score (nSPS) is 10.6. The maximum Gasteiger partial charge on any atom is 0.133 e. The molecule has 0 bridgehead atoms. The molecule has 0 aliphatic rings. The molecule has 1 heterocycles. The van der Waals surface area contributed by atoms with Crippen LogP contribution in [-0.2, 0) is 0 Å². The van der Waals surface area contributed by atoms with E-state index >= 15 is 0 Å². The number of nitrogens with zero attached hydrogens (tertiary/aromatic N) is 3. The molecule has 0 amide bonds. The second kappa shape index (κ2) is 7.09. The highest BCUT2D eigenvalue weighted by molar-refractivity contribution is 5.47. The molecule has 0 aliphatic heterocycles. The predicted molar refractivity (Wildman–Crippen MR) is 73.5 cm³/mol. The van der Waals surface area contributed by atoms with Gasteiger partial charge < -0.3 is 10.2 Å². The van der Waals surface area contributed by atoms with Crippen LogP contribution < -0.4 is 10.2 Å². The number of rotatable bonds is 7. The molecule has 4 heteroatoms. The Balaban J connectivity index is 2.58. The van der Waals surface area contributed by atoms with E-state index in [-0.39, 0.29) is 0 Å². The van der Waals surface area contributed by atoms with Gasteiger partial charge in [0.1, 0.15) is 18.0 Å². The van der Waals surface area contributed by atoms with Gasteiger partial charge in [-0.1, -0.05) is 27.2 Å². The second-order valence-electron chi connectivity index (χ2n) is 4.81. The lowest BCUT2D eigenvalue weighted by atomic mass is 10.2. The van der Waals surface area contributed by atoms with Crippen molar-refractivity contribution in [2.75, 3.05) is 30.4 Å². The van der Waals surface area contributed by atoms with Crippen LogP contribution in [0.4, 0.5) is 11.6 Å². The summed E-state index contributed by atoms with van der Waals surface area (Å²) in [4.78, 5) is 10.7. The van der Waals surface area contributed by atoms with Crippen molar-refractivity contribution < 1.29 is 0 Å². The molecule has 0 atom stereocenters. The third-order valence-electron chi connectivity index (χ3n) is 2.58. The lowest BCUT2D eigenvalue weighted by molar-refractivity contribution is 0.686. The van der Waals surface area contributed by atoms with Gasteiger partial charge in [-0.3, -0.25) is 0 Å². The smallest absolute Gasteiger partial charge is 0.133 e. The fraction of sp³-hybridized carbons (Fsp3) is 0.692. The third-order valence-corrected chi connectivity index (χ3v) is 2.58. The minimum Gasteiger partial charge on any atom is -0.370 e. The SMILES string of the molecule is CCCCN(C)c1cc(NCC(C)C)ncn1. The van der Waals surface area contributed by atoms with Crippen LogP contribution >= 0.6 is 0 Å². The van der Waals surface area contributed by atoms with E-state index < -0.39 is 0 Å². The Labute approximate surface area is 104 Å². The molecule has 17 heavy (non-hydrogen) atoms. The lowest BCUT2D eigenvalue weighted by Crippen LogP contribution is -2.20. The van der Waals surface area contributed by atoms with Gasteiger partial charge in [0.15, 0.2) is 0 Å². The molecule has 0 radical (unpaired) electrons. The molecule has 1 rings (SSSR count). The van der Waals surface area contributed by atoms with Crippen molar-refractivity contribution in [2.24, 2.45) is 5.92 Å². The summed E-state index contributed by atoms with van der Waals surface area (Å²) in [5, 5.41) is 3.32. The Bertz CT molecular complexity index is 325. The Morgan fingerprint density at radius 3 is 2.76 bits per heavy atom. The molecule has 4 nitrogen and oxygen atoms in total. The van der Waals surface area contributed by atoms with E-state index in [1.54, 1.807) is 6.33 Å². The number of anilines is 2. The Hall–Kier alpha value is -1.32. The van der Waals surface area contributed by atoms with Gasteiger partial charge in [0.25, 0.3) is 0 Å². The number of nitrogens with one attached hydrogen (secondary N) is 1. The van der Waals surface area contributed by atoms with E-state index in [9.17, 15) is 0 Å². The first-order valence-electron chi connectivity index (χ1n) is 6.40. The summed E-state index contributed by atoms with van der Waals surface area (Å²) < 4.78 is 0. The molecular formula is C13H24N4. The van der Waals surface area contributed by atoms with Crippen LogP contribution in [0, 0.1) is 5.92 Å². The van der Waals surface area contributed by atoms with Crippen molar-refractivity contribution in [3.63, 3.8) is 0 Å². The largest absolute Gasteiger partial charge is 0.370 e. The van der Waals surface area contributed by atoms with E-state index in [4.69, 9.17) is 0 Å². The van der Waals surface area contributed by atoms with Gasteiger partial charge in [0.2, 0.25) is 0 Å². The van der Waals surface area contributed by atoms with Crippen LogP contribution in [0.3, 0.4) is 0 Å². The standard InChI is InChI=1S/C13H24N4/c1-5-6-7-17(4)13-8-12(15-10-16-13)14-9-11(2)3/h8,10-11H,5-7,9H2,1-4H3,(H,14,15,16). The van der Waals surface area contributed by atoms with Crippen molar-refractivity contribution in [3.8, 4) is 0 Å². The zero-order chi connectivity index (χ0) is 12.7. The minimum atomic E-state index is 0.617. The molecule has 0 aliphatic carbocycles. The van der Waals surface area contributed by atoms with Gasteiger partial charge in [0, 0.05) is 26.2 Å².